The van der Waals surface area contributed by atoms with Crippen LogP contribution in [0.4, 0.5) is 0 Å². The van der Waals surface area contributed by atoms with E-state index in [0.29, 0.717) is 13.0 Å². The molecule has 0 unspecified atom stereocenters. The number of carbonyl (C=O) groups is 1. The van der Waals surface area contributed by atoms with Crippen molar-refractivity contribution >= 4 is 25.0 Å². The zero-order valence-electron chi connectivity index (χ0n) is 17.1. The predicted octanol–water partition coefficient (Wildman–Crippen LogP) is 3.80. The number of benzene rings is 2. The van der Waals surface area contributed by atoms with E-state index < -0.39 is 8.32 Å². The van der Waals surface area contributed by atoms with Crippen LogP contribution in [-0.4, -0.2) is 34.4 Å². The molecule has 2 rings (SSSR count). The molecule has 0 aromatic heterocycles. The minimum Gasteiger partial charge on any atom is -0.407 e. The summed E-state index contributed by atoms with van der Waals surface area (Å²) in [6, 6.07) is 21.2. The molecule has 146 valence electrons. The van der Waals surface area contributed by atoms with Gasteiger partial charge in [-0.2, -0.15) is 0 Å². The van der Waals surface area contributed by atoms with E-state index in [0.717, 1.165) is 6.29 Å². The van der Waals surface area contributed by atoms with E-state index in [9.17, 15) is 4.79 Å². The molecular formula is C23H32O3Si. The van der Waals surface area contributed by atoms with E-state index >= 15 is 0 Å². The van der Waals surface area contributed by atoms with Gasteiger partial charge in [-0.25, -0.2) is 0 Å². The summed E-state index contributed by atoms with van der Waals surface area (Å²) in [5.41, 5.74) is 0. The Labute approximate surface area is 164 Å². The molecule has 0 bridgehead atoms. The quantitative estimate of drug-likeness (QED) is 0.487. The van der Waals surface area contributed by atoms with E-state index in [2.05, 4.69) is 76.2 Å². The standard InChI is InChI=1S/C23H32O3Si/c1-19(22(25-5)16-17-24)18-26-27(23(2,3)4,20-12-8-6-9-13-20)21-14-10-7-11-15-21/h6-15,17,19,22H,16,18H2,1-5H3/t19-,22-/m0/s1. The summed E-state index contributed by atoms with van der Waals surface area (Å²) >= 11 is 0. The van der Waals surface area contributed by atoms with Gasteiger partial charge in [-0.1, -0.05) is 88.4 Å². The molecule has 27 heavy (non-hydrogen) atoms. The summed E-state index contributed by atoms with van der Waals surface area (Å²) in [7, 11) is -0.877. The molecule has 2 atom stereocenters. The molecule has 0 spiro atoms. The van der Waals surface area contributed by atoms with Crippen LogP contribution in [0.3, 0.4) is 0 Å². The van der Waals surface area contributed by atoms with Crippen molar-refractivity contribution in [2.75, 3.05) is 13.7 Å². The average Bonchev–Trinajstić information content (AvgIpc) is 2.67. The van der Waals surface area contributed by atoms with Gasteiger partial charge in [0.15, 0.2) is 0 Å². The van der Waals surface area contributed by atoms with Gasteiger partial charge in [-0.05, 0) is 15.4 Å². The summed E-state index contributed by atoms with van der Waals surface area (Å²) in [5.74, 6) is 0.127. The van der Waals surface area contributed by atoms with Gasteiger partial charge in [0.1, 0.15) is 6.29 Å². The summed E-state index contributed by atoms with van der Waals surface area (Å²) < 4.78 is 12.4. The second-order valence-corrected chi connectivity index (χ2v) is 12.4. The number of hydrogen-bond donors (Lipinski definition) is 0. The van der Waals surface area contributed by atoms with Crippen molar-refractivity contribution in [3.8, 4) is 0 Å². The van der Waals surface area contributed by atoms with Crippen molar-refractivity contribution in [1.29, 1.82) is 0 Å². The zero-order valence-corrected chi connectivity index (χ0v) is 18.1. The van der Waals surface area contributed by atoms with Crippen molar-refractivity contribution in [3.05, 3.63) is 60.7 Å². The fraction of sp³-hybridized carbons (Fsp3) is 0.435. The molecule has 0 aliphatic heterocycles. The molecule has 4 heteroatoms. The Bertz CT molecular complexity index is 655. The van der Waals surface area contributed by atoms with Gasteiger partial charge < -0.3 is 14.0 Å². The van der Waals surface area contributed by atoms with Gasteiger partial charge in [0.2, 0.25) is 0 Å². The molecule has 0 saturated heterocycles. The molecule has 0 heterocycles. The normalized spacial score (nSPS) is 14.6. The maximum Gasteiger partial charge on any atom is 0.261 e. The number of hydrogen-bond acceptors (Lipinski definition) is 3. The first kappa shape index (κ1) is 21.5. The number of methoxy groups -OCH3 is 1. The Morgan fingerprint density at radius 3 is 1.81 bits per heavy atom. The number of carbonyl (C=O) groups excluding carboxylic acids is 1. The Morgan fingerprint density at radius 1 is 0.963 bits per heavy atom. The van der Waals surface area contributed by atoms with Crippen molar-refractivity contribution in [1.82, 2.24) is 0 Å². The minimum atomic E-state index is -2.54. The van der Waals surface area contributed by atoms with Crippen LogP contribution in [-0.2, 0) is 14.0 Å². The van der Waals surface area contributed by atoms with E-state index in [-0.39, 0.29) is 17.1 Å². The van der Waals surface area contributed by atoms with Gasteiger partial charge >= 0.3 is 0 Å². The third-order valence-corrected chi connectivity index (χ3v) is 10.3. The van der Waals surface area contributed by atoms with Crippen LogP contribution in [0.1, 0.15) is 34.1 Å². The lowest BCUT2D eigenvalue weighted by Crippen LogP contribution is -2.67. The fourth-order valence-electron chi connectivity index (χ4n) is 3.78. The van der Waals surface area contributed by atoms with Crippen LogP contribution in [0.25, 0.3) is 0 Å². The molecule has 0 saturated carbocycles. The maximum atomic E-state index is 11.0. The van der Waals surface area contributed by atoms with Crippen LogP contribution in [0.2, 0.25) is 5.04 Å². The van der Waals surface area contributed by atoms with Crippen LogP contribution < -0.4 is 10.4 Å². The summed E-state index contributed by atoms with van der Waals surface area (Å²) in [6.45, 7) is 9.45. The lowest BCUT2D eigenvalue weighted by atomic mass is 10.0. The first-order valence-electron chi connectivity index (χ1n) is 9.58. The summed E-state index contributed by atoms with van der Waals surface area (Å²) in [4.78, 5) is 11.0. The summed E-state index contributed by atoms with van der Waals surface area (Å²) in [6.07, 6.45) is 1.19. The topological polar surface area (TPSA) is 35.5 Å². The molecule has 0 radical (unpaired) electrons. The van der Waals surface area contributed by atoms with Crippen LogP contribution >= 0.6 is 0 Å². The number of aldehydes is 1. The van der Waals surface area contributed by atoms with Gasteiger partial charge in [0.25, 0.3) is 8.32 Å². The van der Waals surface area contributed by atoms with Gasteiger partial charge in [-0.3, -0.25) is 0 Å². The fourth-order valence-corrected chi connectivity index (χ4v) is 8.45. The zero-order chi connectivity index (χ0) is 19.9. The highest BCUT2D eigenvalue weighted by Gasteiger charge is 2.50. The first-order chi connectivity index (χ1) is 12.9. The monoisotopic (exact) mass is 384 g/mol. The van der Waals surface area contributed by atoms with E-state index in [1.165, 1.54) is 10.4 Å². The number of ether oxygens (including phenoxy) is 1. The second-order valence-electron chi connectivity index (χ2n) is 8.13. The van der Waals surface area contributed by atoms with Crippen molar-refractivity contribution in [2.45, 2.75) is 45.3 Å². The Balaban J connectivity index is 2.48. The van der Waals surface area contributed by atoms with Crippen molar-refractivity contribution in [2.24, 2.45) is 5.92 Å². The Kier molecular flexibility index (Phi) is 7.54. The van der Waals surface area contributed by atoms with Crippen LogP contribution in [0, 0.1) is 5.92 Å². The first-order valence-corrected chi connectivity index (χ1v) is 11.5. The van der Waals surface area contributed by atoms with Gasteiger partial charge in [-0.15, -0.1) is 0 Å². The summed E-state index contributed by atoms with van der Waals surface area (Å²) in [5, 5.41) is 2.48. The highest BCUT2D eigenvalue weighted by molar-refractivity contribution is 6.99. The molecule has 0 aliphatic rings. The second kappa shape index (κ2) is 9.45. The molecule has 0 amide bonds. The van der Waals surface area contributed by atoms with Crippen LogP contribution in [0.15, 0.2) is 60.7 Å². The molecule has 0 N–H and O–H groups in total. The molecular weight excluding hydrogens is 352 g/mol. The van der Waals surface area contributed by atoms with E-state index in [1.54, 1.807) is 7.11 Å². The van der Waals surface area contributed by atoms with Crippen molar-refractivity contribution in [3.63, 3.8) is 0 Å². The minimum absolute atomic E-state index is 0.0529. The smallest absolute Gasteiger partial charge is 0.261 e. The lowest BCUT2D eigenvalue weighted by molar-refractivity contribution is -0.111. The predicted molar refractivity (Wildman–Crippen MR) is 114 cm³/mol. The van der Waals surface area contributed by atoms with E-state index in [1.807, 2.05) is 12.1 Å². The molecule has 2 aromatic carbocycles. The Hall–Kier alpha value is -1.75. The largest absolute Gasteiger partial charge is 0.407 e. The average molecular weight is 385 g/mol. The molecule has 3 nitrogen and oxygen atoms in total. The number of rotatable bonds is 9. The van der Waals surface area contributed by atoms with Crippen LogP contribution in [0.5, 0.6) is 0 Å². The molecule has 0 fully saturated rings. The third-order valence-electron chi connectivity index (χ3n) is 5.25. The third kappa shape index (κ3) is 4.75. The van der Waals surface area contributed by atoms with Gasteiger partial charge in [0.05, 0.1) is 6.10 Å². The Morgan fingerprint density at radius 2 is 1.44 bits per heavy atom. The SMILES string of the molecule is CO[C@@H](CC=O)[C@@H](C)CO[Si](c1ccccc1)(c1ccccc1)C(C)(C)C. The molecule has 0 aliphatic carbocycles. The van der Waals surface area contributed by atoms with E-state index in [4.69, 9.17) is 9.16 Å². The highest BCUT2D eigenvalue weighted by Crippen LogP contribution is 2.37. The van der Waals surface area contributed by atoms with Gasteiger partial charge in [0, 0.05) is 26.1 Å². The molecule has 2 aromatic rings. The highest BCUT2D eigenvalue weighted by atomic mass is 28.4. The maximum absolute atomic E-state index is 11.0. The lowest BCUT2D eigenvalue weighted by Gasteiger charge is -2.44. The van der Waals surface area contributed by atoms with Crippen molar-refractivity contribution < 1.29 is 14.0 Å².